The van der Waals surface area contributed by atoms with Crippen LogP contribution in [0.5, 0.6) is 0 Å². The van der Waals surface area contributed by atoms with E-state index in [0.717, 1.165) is 48.7 Å². The molecule has 7 heteroatoms. The highest BCUT2D eigenvalue weighted by atomic mass is 32.2. The fourth-order valence-electron chi connectivity index (χ4n) is 3.08. The molecule has 130 valence electrons. The summed E-state index contributed by atoms with van der Waals surface area (Å²) in [5.41, 5.74) is 6.65. The molecule has 2 heterocycles. The topological polar surface area (TPSA) is 78.0 Å². The zero-order valence-corrected chi connectivity index (χ0v) is 15.8. The number of carbonyl (C=O) groups is 1. The van der Waals surface area contributed by atoms with Crippen molar-refractivity contribution >= 4 is 39.2 Å². The number of nitrogens with two attached hydrogens (primary N) is 1. The number of hydrogen-bond acceptors (Lipinski definition) is 5. The Balaban J connectivity index is 2.08. The molecule has 0 bridgehead atoms. The Bertz CT molecular complexity index is 825. The second kappa shape index (κ2) is 7.27. The molecule has 0 aliphatic heterocycles. The fraction of sp³-hybridized carbons (Fsp3) is 0.588. The molecular formula is C17H23N3O2S2. The molecule has 0 radical (unpaired) electrons. The summed E-state index contributed by atoms with van der Waals surface area (Å²) >= 11 is 2.92. The Morgan fingerprint density at radius 2 is 2.21 bits per heavy atom. The van der Waals surface area contributed by atoms with Gasteiger partial charge in [0.2, 0.25) is 5.91 Å². The number of unbranched alkanes of at least 4 members (excludes halogenated alkanes) is 2. The van der Waals surface area contributed by atoms with Crippen LogP contribution in [0.2, 0.25) is 0 Å². The minimum absolute atomic E-state index is 0.0506. The van der Waals surface area contributed by atoms with Crippen LogP contribution in [0.1, 0.15) is 50.0 Å². The predicted octanol–water partition coefficient (Wildman–Crippen LogP) is 3.10. The number of carbonyl (C=O) groups excluding carboxylic acids is 1. The van der Waals surface area contributed by atoms with Gasteiger partial charge in [0.15, 0.2) is 5.16 Å². The fourth-order valence-corrected chi connectivity index (χ4v) is 5.27. The number of primary amides is 1. The van der Waals surface area contributed by atoms with E-state index in [0.29, 0.717) is 11.7 Å². The van der Waals surface area contributed by atoms with Crippen molar-refractivity contribution in [2.24, 2.45) is 5.73 Å². The van der Waals surface area contributed by atoms with E-state index in [1.165, 1.54) is 22.2 Å². The van der Waals surface area contributed by atoms with Crippen LogP contribution in [0.3, 0.4) is 0 Å². The molecule has 2 aromatic rings. The van der Waals surface area contributed by atoms with Crippen LogP contribution in [0.15, 0.2) is 9.95 Å². The lowest BCUT2D eigenvalue weighted by atomic mass is 10.2. The highest BCUT2D eigenvalue weighted by Gasteiger charge is 2.24. The molecule has 0 aromatic carbocycles. The number of aryl methyl sites for hydroxylation is 2. The molecule has 1 aliphatic carbocycles. The average molecular weight is 366 g/mol. The molecule has 1 atom stereocenters. The van der Waals surface area contributed by atoms with Gasteiger partial charge in [0.1, 0.15) is 4.83 Å². The van der Waals surface area contributed by atoms with Gasteiger partial charge in [-0.3, -0.25) is 14.2 Å². The van der Waals surface area contributed by atoms with Gasteiger partial charge < -0.3 is 5.73 Å². The van der Waals surface area contributed by atoms with Crippen molar-refractivity contribution in [3.63, 3.8) is 0 Å². The standard InChI is InChI=1S/C17H23N3O2S2/c1-3-4-5-9-20-16(22)13-11-7-6-8-12(11)24-15(13)19-17(20)23-10(2)14(18)21/h10H,3-9H2,1-2H3,(H2,18,21)/t10-/m0/s1. The van der Waals surface area contributed by atoms with Crippen LogP contribution in [0, 0.1) is 0 Å². The average Bonchev–Trinajstić information content (AvgIpc) is 3.10. The first-order valence-electron chi connectivity index (χ1n) is 8.54. The van der Waals surface area contributed by atoms with E-state index in [-0.39, 0.29) is 11.5 Å². The lowest BCUT2D eigenvalue weighted by Gasteiger charge is -2.14. The van der Waals surface area contributed by atoms with Crippen LogP contribution < -0.4 is 11.3 Å². The van der Waals surface area contributed by atoms with E-state index in [4.69, 9.17) is 10.7 Å². The van der Waals surface area contributed by atoms with Crippen LogP contribution in [-0.2, 0) is 24.2 Å². The third kappa shape index (κ3) is 3.24. The maximum atomic E-state index is 13.1. The summed E-state index contributed by atoms with van der Waals surface area (Å²) in [6.07, 6.45) is 6.26. The summed E-state index contributed by atoms with van der Waals surface area (Å²) < 4.78 is 1.76. The first-order chi connectivity index (χ1) is 11.5. The Hall–Kier alpha value is -1.34. The summed E-state index contributed by atoms with van der Waals surface area (Å²) in [5.74, 6) is -0.386. The number of nitrogens with zero attached hydrogens (tertiary/aromatic N) is 2. The molecule has 2 aromatic heterocycles. The molecule has 0 unspecified atom stereocenters. The Morgan fingerprint density at radius 1 is 1.42 bits per heavy atom. The number of rotatable bonds is 7. The van der Waals surface area contributed by atoms with Crippen molar-refractivity contribution in [2.75, 3.05) is 0 Å². The maximum Gasteiger partial charge on any atom is 0.263 e. The zero-order chi connectivity index (χ0) is 17.3. The van der Waals surface area contributed by atoms with Gasteiger partial charge >= 0.3 is 0 Å². The third-order valence-corrected chi connectivity index (χ3v) is 6.75. The summed E-state index contributed by atoms with van der Waals surface area (Å²) in [5, 5.41) is 1.02. The number of fused-ring (bicyclic) bond motifs is 3. The zero-order valence-electron chi connectivity index (χ0n) is 14.1. The van der Waals surface area contributed by atoms with E-state index < -0.39 is 5.25 Å². The minimum Gasteiger partial charge on any atom is -0.369 e. The van der Waals surface area contributed by atoms with Crippen molar-refractivity contribution < 1.29 is 4.79 Å². The van der Waals surface area contributed by atoms with Gasteiger partial charge in [-0.05, 0) is 38.2 Å². The normalized spacial score (nSPS) is 14.9. The largest absolute Gasteiger partial charge is 0.369 e. The molecule has 2 N–H and O–H groups in total. The molecule has 0 saturated heterocycles. The van der Waals surface area contributed by atoms with E-state index >= 15 is 0 Å². The first kappa shape index (κ1) is 17.5. The molecule has 1 amide bonds. The lowest BCUT2D eigenvalue weighted by molar-refractivity contribution is -0.117. The predicted molar refractivity (Wildman–Crippen MR) is 99.9 cm³/mol. The van der Waals surface area contributed by atoms with Gasteiger partial charge in [0.25, 0.3) is 5.56 Å². The van der Waals surface area contributed by atoms with E-state index in [1.54, 1.807) is 22.8 Å². The summed E-state index contributed by atoms with van der Waals surface area (Å²) in [7, 11) is 0. The molecule has 24 heavy (non-hydrogen) atoms. The van der Waals surface area contributed by atoms with Crippen molar-refractivity contribution in [1.82, 2.24) is 9.55 Å². The molecule has 0 saturated carbocycles. The minimum atomic E-state index is -0.404. The number of aromatic nitrogens is 2. The van der Waals surface area contributed by atoms with Gasteiger partial charge in [0, 0.05) is 11.4 Å². The molecule has 0 fully saturated rings. The van der Waals surface area contributed by atoms with Crippen LogP contribution in [-0.4, -0.2) is 20.7 Å². The second-order valence-electron chi connectivity index (χ2n) is 6.26. The van der Waals surface area contributed by atoms with Gasteiger partial charge in [-0.25, -0.2) is 4.98 Å². The monoisotopic (exact) mass is 365 g/mol. The maximum absolute atomic E-state index is 13.1. The SMILES string of the molecule is CCCCCn1c(S[C@@H](C)C(N)=O)nc2sc3c(c2c1=O)CCC3. The highest BCUT2D eigenvalue weighted by molar-refractivity contribution is 8.00. The third-order valence-electron chi connectivity index (χ3n) is 4.46. The summed E-state index contributed by atoms with van der Waals surface area (Å²) in [6, 6.07) is 0. The Kier molecular flexibility index (Phi) is 5.30. The lowest BCUT2D eigenvalue weighted by Crippen LogP contribution is -2.27. The molecule has 0 spiro atoms. The highest BCUT2D eigenvalue weighted by Crippen LogP contribution is 2.36. The van der Waals surface area contributed by atoms with Gasteiger partial charge in [-0.1, -0.05) is 31.5 Å². The van der Waals surface area contributed by atoms with Crippen molar-refractivity contribution in [1.29, 1.82) is 0 Å². The van der Waals surface area contributed by atoms with Gasteiger partial charge in [-0.2, -0.15) is 0 Å². The van der Waals surface area contributed by atoms with Crippen LogP contribution >= 0.6 is 23.1 Å². The number of amides is 1. The second-order valence-corrected chi connectivity index (χ2v) is 8.65. The van der Waals surface area contributed by atoms with Crippen molar-refractivity contribution in [3.05, 3.63) is 20.8 Å². The molecular weight excluding hydrogens is 342 g/mol. The van der Waals surface area contributed by atoms with Crippen molar-refractivity contribution in [3.8, 4) is 0 Å². The summed E-state index contributed by atoms with van der Waals surface area (Å²) in [4.78, 5) is 31.4. The smallest absolute Gasteiger partial charge is 0.263 e. The first-order valence-corrected chi connectivity index (χ1v) is 10.2. The molecule has 1 aliphatic rings. The van der Waals surface area contributed by atoms with Crippen LogP contribution in [0.4, 0.5) is 0 Å². The van der Waals surface area contributed by atoms with Gasteiger partial charge in [0.05, 0.1) is 10.6 Å². The molecule has 5 nitrogen and oxygen atoms in total. The quantitative estimate of drug-likeness (QED) is 0.465. The van der Waals surface area contributed by atoms with E-state index in [1.807, 2.05) is 0 Å². The Morgan fingerprint density at radius 3 is 2.92 bits per heavy atom. The number of hydrogen-bond donors (Lipinski definition) is 1. The number of thiophene rings is 1. The summed E-state index contributed by atoms with van der Waals surface area (Å²) in [6.45, 7) is 4.54. The number of thioether (sulfide) groups is 1. The van der Waals surface area contributed by atoms with E-state index in [9.17, 15) is 9.59 Å². The molecule has 3 rings (SSSR count). The van der Waals surface area contributed by atoms with Crippen molar-refractivity contribution in [2.45, 2.75) is 69.3 Å². The Labute approximate surface area is 149 Å². The van der Waals surface area contributed by atoms with E-state index in [2.05, 4.69) is 6.92 Å². The van der Waals surface area contributed by atoms with Gasteiger partial charge in [-0.15, -0.1) is 11.3 Å². The van der Waals surface area contributed by atoms with Crippen LogP contribution in [0.25, 0.3) is 10.2 Å².